The molecule has 0 atom stereocenters. The minimum Gasteiger partial charge on any atom is -0.494 e. The van der Waals surface area contributed by atoms with Crippen molar-refractivity contribution in [1.29, 1.82) is 0 Å². The van der Waals surface area contributed by atoms with Gasteiger partial charge in [0.25, 0.3) is 11.8 Å². The summed E-state index contributed by atoms with van der Waals surface area (Å²) in [5.41, 5.74) is 0.607. The van der Waals surface area contributed by atoms with Crippen molar-refractivity contribution < 1.29 is 28.4 Å². The Bertz CT molecular complexity index is 1520. The highest BCUT2D eigenvalue weighted by Crippen LogP contribution is 2.38. The molecule has 3 amide bonds. The van der Waals surface area contributed by atoms with E-state index in [0.29, 0.717) is 22.7 Å². The van der Waals surface area contributed by atoms with Gasteiger partial charge in [-0.25, -0.2) is 4.79 Å². The zero-order valence-electron chi connectivity index (χ0n) is 25.7. The highest BCUT2D eigenvalue weighted by Gasteiger charge is 2.30. The Labute approximate surface area is 252 Å². The van der Waals surface area contributed by atoms with E-state index in [1.54, 1.807) is 52.1 Å². The smallest absolute Gasteiger partial charge is 0.410 e. The summed E-state index contributed by atoms with van der Waals surface area (Å²) in [5.74, 6) is 0.341. The molecule has 2 aromatic heterocycles. The molecule has 0 radical (unpaired) electrons. The number of para-hydroxylation sites is 1. The molecule has 3 aromatic rings. The van der Waals surface area contributed by atoms with Crippen molar-refractivity contribution in [3.8, 4) is 17.2 Å². The lowest BCUT2D eigenvalue weighted by Crippen LogP contribution is -2.50. The number of anilines is 3. The van der Waals surface area contributed by atoms with Crippen LogP contribution in [0, 0.1) is 5.92 Å². The lowest BCUT2D eigenvalue weighted by atomic mass is 9.49. The maximum Gasteiger partial charge on any atom is 0.410 e. The van der Waals surface area contributed by atoms with Crippen molar-refractivity contribution in [2.75, 3.05) is 24.8 Å². The molecular weight excluding hydrogens is 553 g/mol. The maximum absolute atomic E-state index is 13.1. The van der Waals surface area contributed by atoms with Crippen LogP contribution in [0.3, 0.4) is 0 Å². The first kappa shape index (κ1) is 31.4. The average molecular weight is 588 g/mol. The van der Waals surface area contributed by atoms with Gasteiger partial charge < -0.3 is 34.8 Å². The average Bonchev–Trinajstić information content (AvgIpc) is 3.65. The van der Waals surface area contributed by atoms with Crippen molar-refractivity contribution in [3.05, 3.63) is 35.8 Å². The predicted molar refractivity (Wildman–Crippen MR) is 166 cm³/mol. The number of hydrogen-bond donors (Lipinski definition) is 3. The number of hydrogen-bond acceptors (Lipinski definition) is 11. The number of nitrogens with one attached hydrogen (secondary N) is 3. The molecule has 3 N–H and O–H groups in total. The van der Waals surface area contributed by atoms with Crippen LogP contribution in [0.25, 0.3) is 11.5 Å². The summed E-state index contributed by atoms with van der Waals surface area (Å²) in [6, 6.07) is 6.77. The van der Waals surface area contributed by atoms with E-state index in [4.69, 9.17) is 14.0 Å². The summed E-state index contributed by atoms with van der Waals surface area (Å²) in [4.78, 5) is 43.7. The Morgan fingerprint density at radius 3 is 2.47 bits per heavy atom. The van der Waals surface area contributed by atoms with E-state index in [1.165, 1.54) is 12.0 Å². The highest BCUT2D eigenvalue weighted by molar-refractivity contribution is 6.60. The largest absolute Gasteiger partial charge is 0.494 e. The second kappa shape index (κ2) is 12.4. The van der Waals surface area contributed by atoms with Crippen molar-refractivity contribution in [2.45, 2.75) is 51.0 Å². The predicted octanol–water partition coefficient (Wildman–Crippen LogP) is 0.235. The van der Waals surface area contributed by atoms with Gasteiger partial charge in [-0.2, -0.15) is 4.98 Å². The van der Waals surface area contributed by atoms with E-state index in [9.17, 15) is 14.4 Å². The Morgan fingerprint density at radius 2 is 1.84 bits per heavy atom. The summed E-state index contributed by atoms with van der Waals surface area (Å²) in [6.07, 6.45) is 1.14. The first-order valence-corrected chi connectivity index (χ1v) is 13.9. The van der Waals surface area contributed by atoms with Crippen molar-refractivity contribution in [1.82, 2.24) is 30.6 Å². The topological polar surface area (TPSA) is 174 Å². The van der Waals surface area contributed by atoms with Crippen LogP contribution in [0.2, 0.25) is 0 Å². The SMILES string of the molecule is BC(B)(B)NC(=O)c1nnc(NC(=O)C2CC2)cc1Nc1cccc(-c2nc(CN(C)C(=O)OC(C)(C)C)no2)c1OC. The van der Waals surface area contributed by atoms with Gasteiger partial charge in [0.2, 0.25) is 5.91 Å². The van der Waals surface area contributed by atoms with Crippen LogP contribution < -0.4 is 20.7 Å². The van der Waals surface area contributed by atoms with E-state index in [-0.39, 0.29) is 41.6 Å². The highest BCUT2D eigenvalue weighted by atomic mass is 16.6. The number of methoxy groups -OCH3 is 1. The lowest BCUT2D eigenvalue weighted by molar-refractivity contribution is -0.117. The Kier molecular flexibility index (Phi) is 9.02. The number of amides is 3. The molecular formula is C26H35B3N8O6. The lowest BCUT2D eigenvalue weighted by Gasteiger charge is -2.23. The van der Waals surface area contributed by atoms with Gasteiger partial charge in [0.05, 0.1) is 30.6 Å². The first-order valence-electron chi connectivity index (χ1n) is 13.9. The molecule has 1 aliphatic rings. The molecule has 1 aliphatic carbocycles. The maximum atomic E-state index is 13.1. The third kappa shape index (κ3) is 8.49. The van der Waals surface area contributed by atoms with Crippen molar-refractivity contribution in [2.24, 2.45) is 5.92 Å². The molecule has 0 aliphatic heterocycles. The number of rotatable bonds is 10. The van der Waals surface area contributed by atoms with Gasteiger partial charge in [0, 0.05) is 19.0 Å². The zero-order valence-corrected chi connectivity index (χ0v) is 25.7. The van der Waals surface area contributed by atoms with Crippen LogP contribution in [0.15, 0.2) is 28.8 Å². The summed E-state index contributed by atoms with van der Waals surface area (Å²) in [5, 5.41) is 20.5. The third-order valence-electron chi connectivity index (χ3n) is 5.97. The Balaban J connectivity index is 1.62. The van der Waals surface area contributed by atoms with Crippen LogP contribution in [0.5, 0.6) is 5.75 Å². The molecule has 1 fully saturated rings. The molecule has 4 rings (SSSR count). The summed E-state index contributed by atoms with van der Waals surface area (Å²) >= 11 is 0. The third-order valence-corrected chi connectivity index (χ3v) is 5.97. The zero-order chi connectivity index (χ0) is 31.5. The number of carbonyl (C=O) groups is 3. The molecule has 43 heavy (non-hydrogen) atoms. The number of carbonyl (C=O) groups excluding carboxylic acids is 3. The van der Waals surface area contributed by atoms with Crippen LogP contribution in [0.1, 0.15) is 49.9 Å². The Hall–Kier alpha value is -4.56. The number of ether oxygens (including phenoxy) is 2. The fourth-order valence-corrected chi connectivity index (χ4v) is 3.90. The standard InChI is InChI=1S/C26H35B3N8O6/c1-25(2,3)42-24(40)37(4)12-18-32-23(43-36-18)14-7-6-8-15(20(14)41-5)30-16-11-17(31-21(38)13-9-10-13)34-35-19(16)22(39)33-26(27,28)29/h6-8,11,13H,9-10,12,27-29H2,1-5H3,(H,33,39)(H2,30,31,34,38). The minimum atomic E-state index is -0.643. The number of benzene rings is 1. The fraction of sp³-hybridized carbons (Fsp3) is 0.423. The summed E-state index contributed by atoms with van der Waals surface area (Å²) < 4.78 is 16.6. The van der Waals surface area contributed by atoms with E-state index in [0.717, 1.165) is 12.8 Å². The van der Waals surface area contributed by atoms with Gasteiger partial charge in [0.1, 0.15) is 29.1 Å². The van der Waals surface area contributed by atoms with Crippen molar-refractivity contribution >= 4 is 58.6 Å². The molecule has 0 saturated heterocycles. The normalized spacial score (nSPS) is 13.1. The first-order chi connectivity index (χ1) is 20.1. The quantitative estimate of drug-likeness (QED) is 0.277. The van der Waals surface area contributed by atoms with E-state index >= 15 is 0 Å². The fourth-order valence-electron chi connectivity index (χ4n) is 3.90. The van der Waals surface area contributed by atoms with Crippen molar-refractivity contribution in [3.63, 3.8) is 0 Å². The molecule has 14 nitrogen and oxygen atoms in total. The second-order valence-corrected chi connectivity index (χ2v) is 12.3. The molecule has 0 spiro atoms. The molecule has 2 heterocycles. The van der Waals surface area contributed by atoms with Crippen LogP contribution in [-0.4, -0.2) is 91.7 Å². The Morgan fingerprint density at radius 1 is 1.12 bits per heavy atom. The molecule has 0 unspecified atom stereocenters. The number of nitrogens with zero attached hydrogens (tertiary/aromatic N) is 5. The van der Waals surface area contributed by atoms with E-state index in [2.05, 4.69) is 36.3 Å². The van der Waals surface area contributed by atoms with Gasteiger partial charge in [-0.1, -0.05) is 11.2 Å². The number of aromatic nitrogens is 4. The van der Waals surface area contributed by atoms with Gasteiger partial charge in [-0.05, 0) is 51.0 Å². The van der Waals surface area contributed by atoms with Gasteiger partial charge in [-0.15, -0.1) is 10.2 Å². The monoisotopic (exact) mass is 588 g/mol. The van der Waals surface area contributed by atoms with Crippen LogP contribution >= 0.6 is 0 Å². The molecule has 17 heteroatoms. The van der Waals surface area contributed by atoms with E-state index in [1.807, 2.05) is 23.5 Å². The van der Waals surface area contributed by atoms with E-state index < -0.39 is 22.8 Å². The minimum absolute atomic E-state index is 0.0251. The second-order valence-electron chi connectivity index (χ2n) is 12.3. The van der Waals surface area contributed by atoms with Gasteiger partial charge in [-0.3, -0.25) is 9.59 Å². The summed E-state index contributed by atoms with van der Waals surface area (Å²) in [7, 11) is 8.62. The summed E-state index contributed by atoms with van der Waals surface area (Å²) in [6.45, 7) is 5.41. The van der Waals surface area contributed by atoms with Crippen LogP contribution in [-0.2, 0) is 16.1 Å². The molecule has 1 aromatic carbocycles. The van der Waals surface area contributed by atoms with Crippen LogP contribution in [0.4, 0.5) is 22.0 Å². The van der Waals surface area contributed by atoms with Gasteiger partial charge in [0.15, 0.2) is 23.1 Å². The molecule has 224 valence electrons. The van der Waals surface area contributed by atoms with Gasteiger partial charge >= 0.3 is 6.09 Å². The molecule has 1 saturated carbocycles. The molecule has 0 bridgehead atoms.